The topological polar surface area (TPSA) is 37.3 Å². The molecule has 64 valence electrons. The zero-order valence-corrected chi connectivity index (χ0v) is 6.88. The van der Waals surface area contributed by atoms with Crippen molar-refractivity contribution in [3.63, 3.8) is 0 Å². The summed E-state index contributed by atoms with van der Waals surface area (Å²) in [6.45, 7) is 0.277. The summed E-state index contributed by atoms with van der Waals surface area (Å²) in [5.74, 6) is 1.01. The van der Waals surface area contributed by atoms with E-state index >= 15 is 0 Å². The smallest absolute Gasteiger partial charge is 0.132 e. The van der Waals surface area contributed by atoms with Crippen molar-refractivity contribution in [3.05, 3.63) is 0 Å². The number of hydrogen-bond donors (Lipinski definition) is 1. The maximum Gasteiger partial charge on any atom is 0.132 e. The molecule has 0 radical (unpaired) electrons. The standard InChI is InChI=1S/C9H16O2/c10-7-6-8-2-1-3-9(11)5-4-8/h8,10H,1-7H2. The Hall–Kier alpha value is -0.370. The molecule has 0 aromatic rings. The van der Waals surface area contributed by atoms with Gasteiger partial charge >= 0.3 is 0 Å². The van der Waals surface area contributed by atoms with Gasteiger partial charge in [0, 0.05) is 19.4 Å². The van der Waals surface area contributed by atoms with Crippen LogP contribution in [0.1, 0.15) is 38.5 Å². The summed E-state index contributed by atoms with van der Waals surface area (Å²) < 4.78 is 0. The number of ketones is 1. The number of rotatable bonds is 2. The zero-order chi connectivity index (χ0) is 8.10. The molecule has 0 saturated heterocycles. The van der Waals surface area contributed by atoms with Gasteiger partial charge in [-0.2, -0.15) is 0 Å². The van der Waals surface area contributed by atoms with Crippen LogP contribution in [0.2, 0.25) is 0 Å². The van der Waals surface area contributed by atoms with E-state index in [-0.39, 0.29) is 6.61 Å². The van der Waals surface area contributed by atoms with E-state index in [1.165, 1.54) is 0 Å². The lowest BCUT2D eigenvalue weighted by Gasteiger charge is -2.09. The maximum absolute atomic E-state index is 11.0. The summed E-state index contributed by atoms with van der Waals surface area (Å²) in [7, 11) is 0. The minimum absolute atomic E-state index is 0.277. The van der Waals surface area contributed by atoms with Gasteiger partial charge in [0.05, 0.1) is 0 Å². The lowest BCUT2D eigenvalue weighted by Crippen LogP contribution is -2.01. The van der Waals surface area contributed by atoms with Gasteiger partial charge in [0.1, 0.15) is 5.78 Å². The monoisotopic (exact) mass is 156 g/mol. The molecular formula is C9H16O2. The maximum atomic E-state index is 11.0. The van der Waals surface area contributed by atoms with Crippen LogP contribution >= 0.6 is 0 Å². The van der Waals surface area contributed by atoms with Gasteiger partial charge in [-0.25, -0.2) is 0 Å². The van der Waals surface area contributed by atoms with E-state index in [2.05, 4.69) is 0 Å². The predicted molar refractivity (Wildman–Crippen MR) is 43.3 cm³/mol. The molecule has 2 nitrogen and oxygen atoms in total. The SMILES string of the molecule is O=C1CCCC(CCO)CC1. The van der Waals surface area contributed by atoms with Gasteiger partial charge in [-0.05, 0) is 31.6 Å². The molecular weight excluding hydrogens is 140 g/mol. The third kappa shape index (κ3) is 3.02. The minimum Gasteiger partial charge on any atom is -0.396 e. The van der Waals surface area contributed by atoms with Crippen LogP contribution in [0.3, 0.4) is 0 Å². The Morgan fingerprint density at radius 3 is 2.91 bits per heavy atom. The second kappa shape index (κ2) is 4.50. The first-order valence-electron chi connectivity index (χ1n) is 4.45. The van der Waals surface area contributed by atoms with Crippen molar-refractivity contribution in [3.8, 4) is 0 Å². The largest absolute Gasteiger partial charge is 0.396 e. The average Bonchev–Trinajstić information content (AvgIpc) is 2.17. The minimum atomic E-state index is 0.277. The molecule has 0 bridgehead atoms. The van der Waals surface area contributed by atoms with Crippen molar-refractivity contribution in [2.75, 3.05) is 6.61 Å². The van der Waals surface area contributed by atoms with Crippen LogP contribution in [0.15, 0.2) is 0 Å². The Balaban J connectivity index is 2.28. The molecule has 1 aliphatic rings. The molecule has 1 aliphatic carbocycles. The Kier molecular flexibility index (Phi) is 3.57. The van der Waals surface area contributed by atoms with Crippen molar-refractivity contribution in [2.45, 2.75) is 38.5 Å². The highest BCUT2D eigenvalue weighted by molar-refractivity contribution is 5.78. The van der Waals surface area contributed by atoms with Gasteiger partial charge in [0.2, 0.25) is 0 Å². The van der Waals surface area contributed by atoms with Crippen LogP contribution in [-0.2, 0) is 4.79 Å². The van der Waals surface area contributed by atoms with Gasteiger partial charge in [-0.15, -0.1) is 0 Å². The van der Waals surface area contributed by atoms with E-state index in [1.807, 2.05) is 0 Å². The molecule has 1 rings (SSSR count). The van der Waals surface area contributed by atoms with E-state index in [1.54, 1.807) is 0 Å². The van der Waals surface area contributed by atoms with Crippen molar-refractivity contribution in [1.29, 1.82) is 0 Å². The highest BCUT2D eigenvalue weighted by atomic mass is 16.3. The van der Waals surface area contributed by atoms with Crippen LogP contribution in [-0.4, -0.2) is 17.5 Å². The first kappa shape index (κ1) is 8.72. The molecule has 1 saturated carbocycles. The average molecular weight is 156 g/mol. The van der Waals surface area contributed by atoms with E-state index in [0.717, 1.165) is 38.5 Å². The number of carbonyl (C=O) groups excluding carboxylic acids is 1. The fourth-order valence-corrected chi connectivity index (χ4v) is 1.69. The lowest BCUT2D eigenvalue weighted by molar-refractivity contribution is -0.118. The van der Waals surface area contributed by atoms with Crippen molar-refractivity contribution in [1.82, 2.24) is 0 Å². The highest BCUT2D eigenvalue weighted by Crippen LogP contribution is 2.23. The molecule has 0 aliphatic heterocycles. The number of aliphatic hydroxyl groups is 1. The van der Waals surface area contributed by atoms with E-state index < -0.39 is 0 Å². The number of carbonyl (C=O) groups is 1. The van der Waals surface area contributed by atoms with E-state index in [0.29, 0.717) is 11.7 Å². The molecule has 1 unspecified atom stereocenters. The Morgan fingerprint density at radius 1 is 1.36 bits per heavy atom. The Bertz CT molecular complexity index is 132. The number of aliphatic hydroxyl groups excluding tert-OH is 1. The van der Waals surface area contributed by atoms with Crippen molar-refractivity contribution < 1.29 is 9.90 Å². The normalized spacial score (nSPS) is 26.6. The fourth-order valence-electron chi connectivity index (χ4n) is 1.69. The van der Waals surface area contributed by atoms with Gasteiger partial charge in [-0.1, -0.05) is 0 Å². The lowest BCUT2D eigenvalue weighted by atomic mass is 9.97. The molecule has 0 aromatic carbocycles. The summed E-state index contributed by atoms with van der Waals surface area (Å²) >= 11 is 0. The van der Waals surface area contributed by atoms with Crippen LogP contribution in [0.5, 0.6) is 0 Å². The number of hydrogen-bond acceptors (Lipinski definition) is 2. The Morgan fingerprint density at radius 2 is 2.18 bits per heavy atom. The molecule has 0 spiro atoms. The van der Waals surface area contributed by atoms with Crippen LogP contribution in [0, 0.1) is 5.92 Å². The molecule has 0 amide bonds. The Labute approximate surface area is 67.6 Å². The van der Waals surface area contributed by atoms with Gasteiger partial charge in [0.25, 0.3) is 0 Å². The van der Waals surface area contributed by atoms with Crippen LogP contribution in [0.25, 0.3) is 0 Å². The summed E-state index contributed by atoms with van der Waals surface area (Å²) in [6.07, 6.45) is 5.55. The molecule has 1 fully saturated rings. The molecule has 2 heteroatoms. The third-order valence-electron chi connectivity index (χ3n) is 2.44. The molecule has 1 atom stereocenters. The summed E-state index contributed by atoms with van der Waals surface area (Å²) in [5.41, 5.74) is 0. The molecule has 1 N–H and O–H groups in total. The predicted octanol–water partition coefficient (Wildman–Crippen LogP) is 1.52. The second-order valence-corrected chi connectivity index (χ2v) is 3.35. The molecule has 0 aromatic heterocycles. The van der Waals surface area contributed by atoms with Crippen LogP contribution < -0.4 is 0 Å². The first-order valence-corrected chi connectivity index (χ1v) is 4.45. The van der Waals surface area contributed by atoms with E-state index in [4.69, 9.17) is 5.11 Å². The van der Waals surface area contributed by atoms with Crippen molar-refractivity contribution in [2.24, 2.45) is 5.92 Å². The summed E-state index contributed by atoms with van der Waals surface area (Å²) in [5, 5.41) is 8.69. The van der Waals surface area contributed by atoms with Crippen LogP contribution in [0.4, 0.5) is 0 Å². The molecule has 0 heterocycles. The second-order valence-electron chi connectivity index (χ2n) is 3.35. The summed E-state index contributed by atoms with van der Waals surface area (Å²) in [4.78, 5) is 11.0. The zero-order valence-electron chi connectivity index (χ0n) is 6.88. The third-order valence-corrected chi connectivity index (χ3v) is 2.44. The van der Waals surface area contributed by atoms with Gasteiger partial charge in [-0.3, -0.25) is 4.79 Å². The van der Waals surface area contributed by atoms with Gasteiger partial charge in [0.15, 0.2) is 0 Å². The first-order chi connectivity index (χ1) is 5.33. The fraction of sp³-hybridized carbons (Fsp3) is 0.889. The van der Waals surface area contributed by atoms with Crippen molar-refractivity contribution >= 4 is 5.78 Å². The summed E-state index contributed by atoms with van der Waals surface area (Å²) in [6, 6.07) is 0. The van der Waals surface area contributed by atoms with Gasteiger partial charge < -0.3 is 5.11 Å². The quantitative estimate of drug-likeness (QED) is 0.615. The highest BCUT2D eigenvalue weighted by Gasteiger charge is 2.15. The molecule has 11 heavy (non-hydrogen) atoms. The number of Topliss-reactive ketones (excluding diaryl/α,β-unsaturated/α-hetero) is 1. The van der Waals surface area contributed by atoms with E-state index in [9.17, 15) is 4.79 Å².